The molecule has 0 amide bonds. The summed E-state index contributed by atoms with van der Waals surface area (Å²) in [6.07, 6.45) is 1.54. The Kier molecular flexibility index (Phi) is 2.90. The predicted molar refractivity (Wildman–Crippen MR) is 73.2 cm³/mol. The van der Waals surface area contributed by atoms with Gasteiger partial charge < -0.3 is 9.15 Å². The van der Waals surface area contributed by atoms with Crippen molar-refractivity contribution in [3.05, 3.63) is 52.6 Å². The van der Waals surface area contributed by atoms with Crippen molar-refractivity contribution in [2.24, 2.45) is 0 Å². The first-order valence-corrected chi connectivity index (χ1v) is 6.07. The minimum absolute atomic E-state index is 0.315. The molecule has 0 bridgehead atoms. The van der Waals surface area contributed by atoms with Crippen LogP contribution in [-0.2, 0) is 0 Å². The Labute approximate surface area is 114 Å². The van der Waals surface area contributed by atoms with Gasteiger partial charge in [0.1, 0.15) is 5.75 Å². The lowest BCUT2D eigenvalue weighted by Crippen LogP contribution is -2.16. The highest BCUT2D eigenvalue weighted by molar-refractivity contribution is 5.54. The fourth-order valence-corrected chi connectivity index (χ4v) is 2.10. The molecule has 2 heterocycles. The van der Waals surface area contributed by atoms with Gasteiger partial charge in [0.05, 0.1) is 19.1 Å². The van der Waals surface area contributed by atoms with E-state index in [0.29, 0.717) is 11.6 Å². The number of hydrogen-bond acceptors (Lipinski definition) is 4. The molecule has 0 spiro atoms. The fraction of sp³-hybridized carbons (Fsp3) is 0.143. The maximum atomic E-state index is 12.0. The highest BCUT2D eigenvalue weighted by Crippen LogP contribution is 2.23. The quantitative estimate of drug-likeness (QED) is 0.792. The molecule has 2 aromatic heterocycles. The van der Waals surface area contributed by atoms with Crippen molar-refractivity contribution in [1.29, 1.82) is 0 Å². The standard InChI is InChI=1S/C14H13N3O3/c1-9-8-10(19-2)5-6-11(9)17-13(15-16-14(17)18)12-4-3-7-20-12/h3-8H,1-2H3,(H,16,18). The molecule has 1 N–H and O–H groups in total. The third kappa shape index (κ3) is 1.91. The van der Waals surface area contributed by atoms with E-state index in [1.54, 1.807) is 31.6 Å². The normalized spacial score (nSPS) is 10.7. The topological polar surface area (TPSA) is 73.0 Å². The highest BCUT2D eigenvalue weighted by Gasteiger charge is 2.16. The lowest BCUT2D eigenvalue weighted by atomic mass is 10.2. The van der Waals surface area contributed by atoms with Gasteiger partial charge in [-0.1, -0.05) is 0 Å². The number of aromatic nitrogens is 3. The van der Waals surface area contributed by atoms with Crippen LogP contribution in [0.2, 0.25) is 0 Å². The summed E-state index contributed by atoms with van der Waals surface area (Å²) < 4.78 is 12.0. The summed E-state index contributed by atoms with van der Waals surface area (Å²) in [5, 5.41) is 6.46. The van der Waals surface area contributed by atoms with Gasteiger partial charge in [-0.05, 0) is 42.8 Å². The lowest BCUT2D eigenvalue weighted by molar-refractivity contribution is 0.414. The van der Waals surface area contributed by atoms with Gasteiger partial charge in [0.2, 0.25) is 5.82 Å². The van der Waals surface area contributed by atoms with Gasteiger partial charge >= 0.3 is 5.69 Å². The maximum Gasteiger partial charge on any atom is 0.348 e. The summed E-state index contributed by atoms with van der Waals surface area (Å²) in [4.78, 5) is 12.0. The molecule has 0 aliphatic carbocycles. The number of nitrogens with zero attached hydrogens (tertiary/aromatic N) is 2. The zero-order valence-corrected chi connectivity index (χ0v) is 11.1. The average molecular weight is 271 g/mol. The molecule has 3 rings (SSSR count). The molecule has 0 saturated carbocycles. The van der Waals surface area contributed by atoms with Gasteiger partial charge in [-0.25, -0.2) is 14.5 Å². The van der Waals surface area contributed by atoms with Gasteiger partial charge in [0.25, 0.3) is 0 Å². The first kappa shape index (κ1) is 12.3. The van der Waals surface area contributed by atoms with Gasteiger partial charge in [-0.3, -0.25) is 0 Å². The maximum absolute atomic E-state index is 12.0. The van der Waals surface area contributed by atoms with Crippen molar-refractivity contribution >= 4 is 0 Å². The van der Waals surface area contributed by atoms with E-state index in [0.717, 1.165) is 17.0 Å². The Morgan fingerprint density at radius 3 is 2.85 bits per heavy atom. The predicted octanol–water partition coefficient (Wildman–Crippen LogP) is 2.14. The number of benzene rings is 1. The molecule has 0 aliphatic rings. The smallest absolute Gasteiger partial charge is 0.348 e. The molecule has 6 nitrogen and oxygen atoms in total. The Morgan fingerprint density at radius 2 is 2.20 bits per heavy atom. The minimum Gasteiger partial charge on any atom is -0.497 e. The van der Waals surface area contributed by atoms with E-state index in [1.807, 2.05) is 19.1 Å². The number of rotatable bonds is 3. The molecule has 0 atom stereocenters. The van der Waals surface area contributed by atoms with Crippen molar-refractivity contribution < 1.29 is 9.15 Å². The Morgan fingerprint density at radius 1 is 1.35 bits per heavy atom. The van der Waals surface area contributed by atoms with Gasteiger partial charge in [-0.15, -0.1) is 5.10 Å². The number of furan rings is 1. The van der Waals surface area contributed by atoms with E-state index in [-0.39, 0.29) is 5.69 Å². The molecule has 6 heteroatoms. The van der Waals surface area contributed by atoms with E-state index in [9.17, 15) is 4.79 Å². The second kappa shape index (κ2) is 4.73. The first-order chi connectivity index (χ1) is 9.70. The molecular formula is C14H13N3O3. The van der Waals surface area contributed by atoms with Crippen LogP contribution in [-0.4, -0.2) is 21.9 Å². The zero-order chi connectivity index (χ0) is 14.1. The van der Waals surface area contributed by atoms with Crippen LogP contribution in [0.3, 0.4) is 0 Å². The fourth-order valence-electron chi connectivity index (χ4n) is 2.10. The van der Waals surface area contributed by atoms with Crippen LogP contribution in [0.5, 0.6) is 5.75 Å². The van der Waals surface area contributed by atoms with Crippen molar-refractivity contribution in [2.75, 3.05) is 7.11 Å². The Bertz CT molecular complexity index is 784. The molecule has 102 valence electrons. The van der Waals surface area contributed by atoms with Crippen molar-refractivity contribution in [1.82, 2.24) is 14.8 Å². The molecule has 0 fully saturated rings. The van der Waals surface area contributed by atoms with E-state index in [1.165, 1.54) is 4.57 Å². The third-order valence-corrected chi connectivity index (χ3v) is 3.06. The van der Waals surface area contributed by atoms with Crippen LogP contribution in [0.25, 0.3) is 17.3 Å². The van der Waals surface area contributed by atoms with E-state index in [4.69, 9.17) is 9.15 Å². The molecule has 1 aromatic carbocycles. The third-order valence-electron chi connectivity index (χ3n) is 3.06. The minimum atomic E-state index is -0.315. The highest BCUT2D eigenvalue weighted by atomic mass is 16.5. The number of H-pyrrole nitrogens is 1. The molecular weight excluding hydrogens is 258 g/mol. The Hall–Kier alpha value is -2.76. The first-order valence-electron chi connectivity index (χ1n) is 6.07. The number of aromatic amines is 1. The number of aryl methyl sites for hydroxylation is 1. The van der Waals surface area contributed by atoms with Crippen molar-refractivity contribution in [3.63, 3.8) is 0 Å². The van der Waals surface area contributed by atoms with Crippen LogP contribution < -0.4 is 10.4 Å². The SMILES string of the molecule is COc1ccc(-n2c(-c3ccco3)n[nH]c2=O)c(C)c1. The summed E-state index contributed by atoms with van der Waals surface area (Å²) in [7, 11) is 1.60. The number of hydrogen-bond donors (Lipinski definition) is 1. The summed E-state index contributed by atoms with van der Waals surface area (Å²) in [6.45, 7) is 1.91. The average Bonchev–Trinajstić information content (AvgIpc) is 3.08. The van der Waals surface area contributed by atoms with Crippen LogP contribution in [0.4, 0.5) is 0 Å². The van der Waals surface area contributed by atoms with E-state index in [2.05, 4.69) is 10.2 Å². The van der Waals surface area contributed by atoms with Crippen LogP contribution in [0.1, 0.15) is 5.56 Å². The molecule has 20 heavy (non-hydrogen) atoms. The van der Waals surface area contributed by atoms with Crippen LogP contribution >= 0.6 is 0 Å². The summed E-state index contributed by atoms with van der Waals surface area (Å²) >= 11 is 0. The number of ether oxygens (including phenoxy) is 1. The Balaban J connectivity index is 2.20. The lowest BCUT2D eigenvalue weighted by Gasteiger charge is -2.09. The second-order valence-corrected chi connectivity index (χ2v) is 4.32. The van der Waals surface area contributed by atoms with Gasteiger partial charge in [0.15, 0.2) is 5.76 Å². The van der Waals surface area contributed by atoms with Crippen molar-refractivity contribution in [2.45, 2.75) is 6.92 Å². The largest absolute Gasteiger partial charge is 0.497 e. The van der Waals surface area contributed by atoms with Crippen molar-refractivity contribution in [3.8, 4) is 23.0 Å². The van der Waals surface area contributed by atoms with Gasteiger partial charge in [0, 0.05) is 0 Å². The molecule has 0 radical (unpaired) electrons. The summed E-state index contributed by atoms with van der Waals surface area (Å²) in [5.74, 6) is 1.70. The second-order valence-electron chi connectivity index (χ2n) is 4.32. The molecule has 3 aromatic rings. The van der Waals surface area contributed by atoms with E-state index < -0.39 is 0 Å². The molecule has 0 saturated heterocycles. The monoisotopic (exact) mass is 271 g/mol. The van der Waals surface area contributed by atoms with Gasteiger partial charge in [-0.2, -0.15) is 0 Å². The van der Waals surface area contributed by atoms with Crippen LogP contribution in [0, 0.1) is 6.92 Å². The molecule has 0 aliphatic heterocycles. The number of nitrogens with one attached hydrogen (secondary N) is 1. The number of methoxy groups -OCH3 is 1. The summed E-state index contributed by atoms with van der Waals surface area (Å²) in [6, 6.07) is 8.98. The zero-order valence-electron chi connectivity index (χ0n) is 11.1. The van der Waals surface area contributed by atoms with E-state index >= 15 is 0 Å². The molecule has 0 unspecified atom stereocenters. The van der Waals surface area contributed by atoms with Crippen LogP contribution in [0.15, 0.2) is 45.8 Å². The summed E-state index contributed by atoms with van der Waals surface area (Å²) in [5.41, 5.74) is 1.32.